The first-order chi connectivity index (χ1) is 23.3. The van der Waals surface area contributed by atoms with Crippen molar-refractivity contribution in [2.45, 2.75) is 58.7 Å². The number of aromatic nitrogens is 2. The molecule has 1 aliphatic rings. The minimum atomic E-state index is -1.27. The van der Waals surface area contributed by atoms with Crippen LogP contribution < -0.4 is 5.19 Å². The topological polar surface area (TPSA) is 38.9 Å². The Balaban J connectivity index is 0.000000198. The van der Waals surface area contributed by atoms with E-state index in [-0.39, 0.29) is 20.1 Å². The number of furan rings is 1. The molecular formula is C44H42IrN2OSi-2. The number of aryl methyl sites for hydroxylation is 1. The van der Waals surface area contributed by atoms with Gasteiger partial charge in [-0.25, -0.2) is 0 Å². The van der Waals surface area contributed by atoms with Gasteiger partial charge in [-0.05, 0) is 59.1 Å². The van der Waals surface area contributed by atoms with Crippen molar-refractivity contribution < 1.29 is 24.5 Å². The minimum absolute atomic E-state index is 0. The molecule has 0 atom stereocenters. The molecule has 1 saturated carbocycles. The van der Waals surface area contributed by atoms with Gasteiger partial charge in [0.25, 0.3) is 0 Å². The summed E-state index contributed by atoms with van der Waals surface area (Å²) in [5.41, 5.74) is 10.8. The molecule has 1 aliphatic carbocycles. The monoisotopic (exact) mass is 835 g/mol. The van der Waals surface area contributed by atoms with Gasteiger partial charge in [-0.3, -0.25) is 0 Å². The SMILES string of the molecule is Cc1cc(-c2[c-]cccc2)ncc1[Si](C)(C)C.[Ir].[c-]1ccc2c(oc3cc(-c4ccccc4)ccc32)c1-c1cc(CC2CCCC2)ccn1. The molecule has 8 rings (SSSR count). The third kappa shape index (κ3) is 7.86. The van der Waals surface area contributed by atoms with Crippen LogP contribution in [0.25, 0.3) is 55.6 Å². The molecule has 0 spiro atoms. The van der Waals surface area contributed by atoms with Gasteiger partial charge in [-0.1, -0.05) is 122 Å². The molecule has 0 unspecified atom stereocenters. The standard InChI is InChI=1S/C29H24NO.C15H18NSi.Ir/c1-2-9-22(10-3-1)23-13-14-24-25-11-6-12-26(29(25)31-28(24)19-23)27-18-21(15-16-30-27)17-20-7-4-5-8-20;1-12-10-14(13-8-6-5-7-9-13)16-11-15(12)17(2,3)4;/h1-3,6,9-11,13-16,18-20H,4-5,7-8,17H2;5-8,10-11H,1-4H3;/q2*-1;. The number of hydrogen-bond donors (Lipinski definition) is 0. The first kappa shape index (κ1) is 34.7. The molecule has 0 N–H and O–H groups in total. The second-order valence-electron chi connectivity index (χ2n) is 14.1. The maximum Gasteiger partial charge on any atom is 0.121 e. The Morgan fingerprint density at radius 3 is 2.29 bits per heavy atom. The van der Waals surface area contributed by atoms with Crippen LogP contribution in [0.5, 0.6) is 0 Å². The summed E-state index contributed by atoms with van der Waals surface area (Å²) >= 11 is 0. The zero-order valence-electron chi connectivity index (χ0n) is 28.7. The average molecular weight is 835 g/mol. The van der Waals surface area contributed by atoms with Crippen molar-refractivity contribution in [3.05, 3.63) is 139 Å². The molecule has 0 aliphatic heterocycles. The molecule has 249 valence electrons. The Morgan fingerprint density at radius 2 is 1.55 bits per heavy atom. The van der Waals surface area contributed by atoms with Crippen molar-refractivity contribution in [3.8, 4) is 33.6 Å². The molecule has 7 aromatic rings. The van der Waals surface area contributed by atoms with E-state index in [1.807, 2.05) is 36.5 Å². The van der Waals surface area contributed by atoms with Gasteiger partial charge in [-0.2, -0.15) is 0 Å². The third-order valence-corrected chi connectivity index (χ3v) is 11.7. The molecular weight excluding hydrogens is 793 g/mol. The number of benzene rings is 4. The van der Waals surface area contributed by atoms with E-state index in [0.717, 1.165) is 62.4 Å². The van der Waals surface area contributed by atoms with E-state index in [1.165, 1.54) is 47.6 Å². The summed E-state index contributed by atoms with van der Waals surface area (Å²) in [5.74, 6) is 0.817. The van der Waals surface area contributed by atoms with Crippen LogP contribution in [0.1, 0.15) is 36.8 Å². The summed E-state index contributed by atoms with van der Waals surface area (Å²) in [6.45, 7) is 9.24. The van der Waals surface area contributed by atoms with Crippen molar-refractivity contribution in [1.29, 1.82) is 0 Å². The maximum atomic E-state index is 6.40. The predicted octanol–water partition coefficient (Wildman–Crippen LogP) is 11.2. The number of hydrogen-bond acceptors (Lipinski definition) is 3. The van der Waals surface area contributed by atoms with E-state index in [4.69, 9.17) is 4.42 Å². The van der Waals surface area contributed by atoms with Gasteiger partial charge < -0.3 is 14.4 Å². The van der Waals surface area contributed by atoms with Crippen LogP contribution in [0.2, 0.25) is 19.6 Å². The van der Waals surface area contributed by atoms with Gasteiger partial charge >= 0.3 is 0 Å². The molecule has 49 heavy (non-hydrogen) atoms. The van der Waals surface area contributed by atoms with Crippen molar-refractivity contribution in [2.24, 2.45) is 5.92 Å². The van der Waals surface area contributed by atoms with Gasteiger partial charge in [0.15, 0.2) is 0 Å². The van der Waals surface area contributed by atoms with Crippen LogP contribution in [-0.4, -0.2) is 18.0 Å². The van der Waals surface area contributed by atoms with Crippen LogP contribution in [0.15, 0.2) is 120 Å². The summed E-state index contributed by atoms with van der Waals surface area (Å²) in [4.78, 5) is 9.26. The Labute approximate surface area is 305 Å². The van der Waals surface area contributed by atoms with Gasteiger partial charge in [0, 0.05) is 37.9 Å². The second-order valence-corrected chi connectivity index (χ2v) is 19.1. The first-order valence-corrected chi connectivity index (χ1v) is 20.7. The summed E-state index contributed by atoms with van der Waals surface area (Å²) in [7, 11) is -1.27. The molecule has 1 fully saturated rings. The average Bonchev–Trinajstić information content (AvgIpc) is 3.76. The largest absolute Gasteiger partial charge is 0.501 e. The molecule has 3 aromatic heterocycles. The van der Waals surface area contributed by atoms with Crippen molar-refractivity contribution in [1.82, 2.24) is 9.97 Å². The number of fused-ring (bicyclic) bond motifs is 3. The second kappa shape index (κ2) is 15.2. The summed E-state index contributed by atoms with van der Waals surface area (Å²) in [5, 5.41) is 3.69. The van der Waals surface area contributed by atoms with E-state index in [9.17, 15) is 0 Å². The van der Waals surface area contributed by atoms with Crippen molar-refractivity contribution >= 4 is 35.2 Å². The minimum Gasteiger partial charge on any atom is -0.501 e. The van der Waals surface area contributed by atoms with E-state index in [0.29, 0.717) is 0 Å². The molecule has 0 amide bonds. The van der Waals surface area contributed by atoms with E-state index in [1.54, 1.807) is 0 Å². The first-order valence-electron chi connectivity index (χ1n) is 17.2. The molecule has 4 aromatic carbocycles. The normalized spacial score (nSPS) is 13.2. The van der Waals surface area contributed by atoms with Gasteiger partial charge in [0.2, 0.25) is 0 Å². The molecule has 0 saturated heterocycles. The zero-order valence-corrected chi connectivity index (χ0v) is 32.1. The predicted molar refractivity (Wildman–Crippen MR) is 203 cm³/mol. The summed E-state index contributed by atoms with van der Waals surface area (Å²) < 4.78 is 6.40. The molecule has 0 bridgehead atoms. The van der Waals surface area contributed by atoms with Gasteiger partial charge in [0.05, 0.1) is 13.7 Å². The van der Waals surface area contributed by atoms with Crippen LogP contribution in [-0.2, 0) is 26.5 Å². The van der Waals surface area contributed by atoms with E-state index < -0.39 is 8.07 Å². The van der Waals surface area contributed by atoms with E-state index >= 15 is 0 Å². The Bertz CT molecular complexity index is 2160. The summed E-state index contributed by atoms with van der Waals surface area (Å²) in [6, 6.07) is 42.1. The maximum absolute atomic E-state index is 6.40. The quantitative estimate of drug-likeness (QED) is 0.124. The third-order valence-electron chi connectivity index (χ3n) is 9.52. The fourth-order valence-corrected chi connectivity index (χ4v) is 8.78. The number of pyridine rings is 2. The van der Waals surface area contributed by atoms with E-state index in [2.05, 4.69) is 128 Å². The van der Waals surface area contributed by atoms with Crippen LogP contribution in [0.4, 0.5) is 0 Å². The fraction of sp³-hybridized carbons (Fsp3) is 0.227. The molecule has 1 radical (unpaired) electrons. The smallest absolute Gasteiger partial charge is 0.121 e. The van der Waals surface area contributed by atoms with Crippen LogP contribution >= 0.6 is 0 Å². The van der Waals surface area contributed by atoms with Gasteiger partial charge in [-0.15, -0.1) is 54.1 Å². The van der Waals surface area contributed by atoms with Crippen molar-refractivity contribution in [2.75, 3.05) is 0 Å². The van der Waals surface area contributed by atoms with Crippen LogP contribution in [0.3, 0.4) is 0 Å². The Hall–Kier alpha value is -4.15. The van der Waals surface area contributed by atoms with Gasteiger partial charge in [0.1, 0.15) is 5.58 Å². The zero-order chi connectivity index (χ0) is 33.1. The molecule has 3 nitrogen and oxygen atoms in total. The Kier molecular flexibility index (Phi) is 10.7. The summed E-state index contributed by atoms with van der Waals surface area (Å²) in [6.07, 6.45) is 10.6. The van der Waals surface area contributed by atoms with Crippen LogP contribution in [0, 0.1) is 25.0 Å². The molecule has 3 heterocycles. The fourth-order valence-electron chi connectivity index (χ4n) is 7.07. The number of rotatable bonds is 6. The van der Waals surface area contributed by atoms with Crippen molar-refractivity contribution in [3.63, 3.8) is 0 Å². The number of nitrogens with zero attached hydrogens (tertiary/aromatic N) is 2. The molecule has 5 heteroatoms. The Morgan fingerprint density at radius 1 is 0.755 bits per heavy atom.